The number of aromatic amines is 1. The van der Waals surface area contributed by atoms with E-state index < -0.39 is 0 Å². The Morgan fingerprint density at radius 3 is 2.64 bits per heavy atom. The van der Waals surface area contributed by atoms with Crippen molar-refractivity contribution in [2.24, 2.45) is 5.92 Å². The number of quaternary nitrogens is 1. The highest BCUT2D eigenvalue weighted by Gasteiger charge is 2.22. The maximum absolute atomic E-state index is 12.7. The van der Waals surface area contributed by atoms with Crippen molar-refractivity contribution in [1.82, 2.24) is 9.97 Å². The first kappa shape index (κ1) is 19.3. The molecule has 0 bridgehead atoms. The van der Waals surface area contributed by atoms with Crippen molar-refractivity contribution in [3.63, 3.8) is 0 Å². The molecule has 148 valence electrons. The zero-order valence-corrected chi connectivity index (χ0v) is 17.9. The average molecular weight is 397 g/mol. The molecular weight excluding hydrogens is 366 g/mol. The Morgan fingerprint density at radius 1 is 1.18 bits per heavy atom. The quantitative estimate of drug-likeness (QED) is 0.664. The zero-order chi connectivity index (χ0) is 19.7. The highest BCUT2D eigenvalue weighted by atomic mass is 32.1. The van der Waals surface area contributed by atoms with E-state index in [4.69, 9.17) is 4.98 Å². The molecule has 1 atom stereocenters. The summed E-state index contributed by atoms with van der Waals surface area (Å²) in [4.78, 5) is 22.9. The van der Waals surface area contributed by atoms with Gasteiger partial charge < -0.3 is 10.3 Å². The largest absolute Gasteiger partial charge is 0.334 e. The normalized spacial score (nSPS) is 15.1. The third kappa shape index (κ3) is 3.78. The fourth-order valence-electron chi connectivity index (χ4n) is 4.31. The van der Waals surface area contributed by atoms with E-state index in [0.29, 0.717) is 18.5 Å². The molecule has 4 nitrogen and oxygen atoms in total. The average Bonchev–Trinajstić information content (AvgIpc) is 3.07. The molecule has 3 N–H and O–H groups in total. The van der Waals surface area contributed by atoms with Gasteiger partial charge in [0.1, 0.15) is 17.4 Å². The van der Waals surface area contributed by atoms with Gasteiger partial charge in [0.05, 0.1) is 5.39 Å². The lowest BCUT2D eigenvalue weighted by Crippen LogP contribution is -2.85. The first-order valence-electron chi connectivity index (χ1n) is 10.5. The Balaban J connectivity index is 1.57. The standard InChI is InChI=1S/C23H29N3OS/c1-4-15-9-11-16(12-10-15)21(14(2)3)24-13-19-25-22(27)20-17-7-5-6-8-18(17)28-23(20)26-19/h9-12,14,21,24H,4-8,13H2,1-3H3,(H,25,26,27)/p+1/t21-/m0/s1. The molecule has 0 fully saturated rings. The monoisotopic (exact) mass is 396 g/mol. The number of aromatic nitrogens is 2. The van der Waals surface area contributed by atoms with Crippen molar-refractivity contribution < 1.29 is 5.32 Å². The number of nitrogens with one attached hydrogen (secondary N) is 1. The van der Waals surface area contributed by atoms with E-state index in [0.717, 1.165) is 35.3 Å². The van der Waals surface area contributed by atoms with E-state index in [2.05, 4.69) is 55.3 Å². The highest BCUT2D eigenvalue weighted by Crippen LogP contribution is 2.33. The van der Waals surface area contributed by atoms with Crippen LogP contribution in [0.3, 0.4) is 0 Å². The number of fused-ring (bicyclic) bond motifs is 3. The van der Waals surface area contributed by atoms with Crippen LogP contribution in [-0.2, 0) is 25.8 Å². The van der Waals surface area contributed by atoms with E-state index in [1.54, 1.807) is 11.3 Å². The number of H-pyrrole nitrogens is 1. The molecule has 1 aromatic carbocycles. The summed E-state index contributed by atoms with van der Waals surface area (Å²) < 4.78 is 0. The number of aryl methyl sites for hydroxylation is 3. The molecule has 3 aromatic rings. The van der Waals surface area contributed by atoms with Crippen LogP contribution in [-0.4, -0.2) is 9.97 Å². The summed E-state index contributed by atoms with van der Waals surface area (Å²) >= 11 is 1.72. The third-order valence-electron chi connectivity index (χ3n) is 5.93. The summed E-state index contributed by atoms with van der Waals surface area (Å²) in [6, 6.07) is 9.28. The molecule has 0 saturated carbocycles. The maximum atomic E-state index is 12.7. The Morgan fingerprint density at radius 2 is 1.93 bits per heavy atom. The Bertz CT molecular complexity index is 1020. The molecule has 1 aliphatic rings. The summed E-state index contributed by atoms with van der Waals surface area (Å²) in [6.45, 7) is 7.37. The predicted octanol–water partition coefficient (Wildman–Crippen LogP) is 3.89. The number of thiophene rings is 1. The van der Waals surface area contributed by atoms with Crippen molar-refractivity contribution in [2.75, 3.05) is 0 Å². The molecule has 0 radical (unpaired) electrons. The van der Waals surface area contributed by atoms with Crippen molar-refractivity contribution in [1.29, 1.82) is 0 Å². The third-order valence-corrected chi connectivity index (χ3v) is 7.12. The first-order chi connectivity index (χ1) is 13.6. The molecule has 4 rings (SSSR count). The van der Waals surface area contributed by atoms with Crippen LogP contribution in [0, 0.1) is 5.92 Å². The maximum Gasteiger partial charge on any atom is 0.260 e. The molecule has 0 unspecified atom stereocenters. The lowest BCUT2D eigenvalue weighted by Gasteiger charge is -2.19. The van der Waals surface area contributed by atoms with E-state index in [9.17, 15) is 4.79 Å². The smallest absolute Gasteiger partial charge is 0.260 e. The molecule has 5 heteroatoms. The second-order valence-corrected chi connectivity index (χ2v) is 9.29. The van der Waals surface area contributed by atoms with Crippen LogP contribution in [0.2, 0.25) is 0 Å². The lowest BCUT2D eigenvalue weighted by molar-refractivity contribution is -0.718. The number of nitrogens with two attached hydrogens (primary N) is 1. The zero-order valence-electron chi connectivity index (χ0n) is 17.0. The van der Waals surface area contributed by atoms with E-state index in [1.165, 1.54) is 34.4 Å². The molecule has 0 saturated heterocycles. The van der Waals surface area contributed by atoms with Crippen LogP contribution in [0.4, 0.5) is 0 Å². The van der Waals surface area contributed by atoms with E-state index >= 15 is 0 Å². The van der Waals surface area contributed by atoms with Gasteiger partial charge in [0, 0.05) is 16.4 Å². The number of hydrogen-bond acceptors (Lipinski definition) is 3. The summed E-state index contributed by atoms with van der Waals surface area (Å²) in [6.07, 6.45) is 5.59. The second kappa shape index (κ2) is 8.18. The van der Waals surface area contributed by atoms with Gasteiger partial charge in [-0.3, -0.25) is 4.79 Å². The minimum absolute atomic E-state index is 0.0428. The van der Waals surface area contributed by atoms with E-state index in [1.807, 2.05) is 0 Å². The SMILES string of the molecule is CCc1ccc([C@@H]([NH2+]Cc2nc3sc4c(c3c(=O)[nH]2)CCCC4)C(C)C)cc1. The number of benzene rings is 1. The van der Waals surface area contributed by atoms with Gasteiger partial charge in [-0.1, -0.05) is 45.0 Å². The molecule has 0 spiro atoms. The first-order valence-corrected chi connectivity index (χ1v) is 11.3. The van der Waals surface area contributed by atoms with Gasteiger partial charge in [-0.05, 0) is 43.2 Å². The summed E-state index contributed by atoms with van der Waals surface area (Å²) in [5.74, 6) is 1.28. The van der Waals surface area contributed by atoms with Crippen LogP contribution < -0.4 is 10.9 Å². The molecule has 28 heavy (non-hydrogen) atoms. The van der Waals surface area contributed by atoms with Gasteiger partial charge >= 0.3 is 0 Å². The van der Waals surface area contributed by atoms with Crippen molar-refractivity contribution in [2.45, 2.75) is 65.5 Å². The number of rotatable bonds is 6. The fraction of sp³-hybridized carbons (Fsp3) is 0.478. The molecule has 2 aromatic heterocycles. The van der Waals surface area contributed by atoms with Gasteiger partial charge in [0.15, 0.2) is 5.82 Å². The van der Waals surface area contributed by atoms with Crippen molar-refractivity contribution >= 4 is 21.6 Å². The van der Waals surface area contributed by atoms with Crippen LogP contribution >= 0.6 is 11.3 Å². The molecule has 2 heterocycles. The minimum Gasteiger partial charge on any atom is -0.334 e. The lowest BCUT2D eigenvalue weighted by atomic mass is 9.95. The van der Waals surface area contributed by atoms with Gasteiger partial charge in [-0.2, -0.15) is 0 Å². The van der Waals surface area contributed by atoms with Crippen LogP contribution in [0.25, 0.3) is 10.2 Å². The van der Waals surface area contributed by atoms with E-state index in [-0.39, 0.29) is 5.56 Å². The Labute approximate surface area is 170 Å². The fourth-order valence-corrected chi connectivity index (χ4v) is 5.59. The molecule has 0 amide bonds. The van der Waals surface area contributed by atoms with Gasteiger partial charge in [0.2, 0.25) is 0 Å². The topological polar surface area (TPSA) is 62.4 Å². The van der Waals surface area contributed by atoms with Crippen LogP contribution in [0.1, 0.15) is 67.0 Å². The summed E-state index contributed by atoms with van der Waals surface area (Å²) in [7, 11) is 0. The molecule has 1 aliphatic carbocycles. The van der Waals surface area contributed by atoms with Gasteiger partial charge in [-0.15, -0.1) is 11.3 Å². The van der Waals surface area contributed by atoms with Crippen molar-refractivity contribution in [3.8, 4) is 0 Å². The van der Waals surface area contributed by atoms with Gasteiger partial charge in [0.25, 0.3) is 5.56 Å². The predicted molar refractivity (Wildman–Crippen MR) is 116 cm³/mol. The molecule has 0 aliphatic heterocycles. The van der Waals surface area contributed by atoms with Crippen LogP contribution in [0.5, 0.6) is 0 Å². The number of nitrogens with zero attached hydrogens (tertiary/aromatic N) is 1. The summed E-state index contributed by atoms with van der Waals surface area (Å²) in [5, 5.41) is 3.16. The Hall–Kier alpha value is -1.98. The highest BCUT2D eigenvalue weighted by molar-refractivity contribution is 7.18. The van der Waals surface area contributed by atoms with Crippen LogP contribution in [0.15, 0.2) is 29.1 Å². The molecular formula is C23H30N3OS+. The minimum atomic E-state index is 0.0428. The second-order valence-electron chi connectivity index (χ2n) is 8.21. The van der Waals surface area contributed by atoms with Gasteiger partial charge in [-0.25, -0.2) is 4.98 Å². The number of hydrogen-bond donors (Lipinski definition) is 2. The summed E-state index contributed by atoms with van der Waals surface area (Å²) in [5.41, 5.74) is 4.00. The van der Waals surface area contributed by atoms with Crippen molar-refractivity contribution in [3.05, 3.63) is 62.0 Å². The Kier molecular flexibility index (Phi) is 5.65.